The van der Waals surface area contributed by atoms with E-state index in [1.54, 1.807) is 30.9 Å². The van der Waals surface area contributed by atoms with Gasteiger partial charge in [0, 0.05) is 36.2 Å². The number of amides is 1. The van der Waals surface area contributed by atoms with Crippen molar-refractivity contribution < 1.29 is 9.53 Å². The van der Waals surface area contributed by atoms with Gasteiger partial charge in [-0.05, 0) is 42.8 Å². The number of nitrogens with one attached hydrogen (secondary N) is 1. The van der Waals surface area contributed by atoms with Crippen molar-refractivity contribution in [2.24, 2.45) is 0 Å². The molecule has 0 saturated carbocycles. The highest BCUT2D eigenvalue weighted by atomic mass is 32.2. The molecule has 2 aromatic heterocycles. The van der Waals surface area contributed by atoms with Crippen LogP contribution in [0.25, 0.3) is 0 Å². The lowest BCUT2D eigenvalue weighted by molar-refractivity contribution is 0.0948. The Kier molecular flexibility index (Phi) is 6.54. The van der Waals surface area contributed by atoms with Crippen molar-refractivity contribution in [1.29, 1.82) is 0 Å². The van der Waals surface area contributed by atoms with Crippen LogP contribution in [0.3, 0.4) is 0 Å². The van der Waals surface area contributed by atoms with E-state index in [4.69, 9.17) is 4.74 Å². The van der Waals surface area contributed by atoms with Gasteiger partial charge in [0.1, 0.15) is 5.75 Å². The predicted molar refractivity (Wildman–Crippen MR) is 119 cm³/mol. The van der Waals surface area contributed by atoms with E-state index in [2.05, 4.69) is 20.3 Å². The van der Waals surface area contributed by atoms with Gasteiger partial charge in [0.05, 0.1) is 5.56 Å². The van der Waals surface area contributed by atoms with Gasteiger partial charge in [-0.3, -0.25) is 9.78 Å². The molecular weight excluding hydrogens is 408 g/mol. The van der Waals surface area contributed by atoms with E-state index >= 15 is 0 Å². The summed E-state index contributed by atoms with van der Waals surface area (Å²) in [6, 6.07) is 18.9. The molecule has 0 atom stereocenters. The summed E-state index contributed by atoms with van der Waals surface area (Å²) in [5.74, 6) is 0.897. The fourth-order valence-corrected chi connectivity index (χ4v) is 3.72. The summed E-state index contributed by atoms with van der Waals surface area (Å²) in [5, 5.41) is 3.52. The van der Waals surface area contributed by atoms with Crippen molar-refractivity contribution in [1.82, 2.24) is 20.3 Å². The molecule has 154 valence electrons. The third-order valence-corrected chi connectivity index (χ3v) is 5.43. The van der Waals surface area contributed by atoms with E-state index in [1.807, 2.05) is 61.5 Å². The zero-order valence-corrected chi connectivity index (χ0v) is 17.7. The molecule has 2 heterocycles. The molecular formula is C24H20N4O2S. The molecule has 0 aliphatic heterocycles. The lowest BCUT2D eigenvalue weighted by Gasteiger charge is -2.12. The highest BCUT2D eigenvalue weighted by Crippen LogP contribution is 2.35. The summed E-state index contributed by atoms with van der Waals surface area (Å²) in [6.07, 6.45) is 6.62. The van der Waals surface area contributed by atoms with Crippen LogP contribution in [0, 0.1) is 6.92 Å². The van der Waals surface area contributed by atoms with Crippen LogP contribution in [0.4, 0.5) is 0 Å². The van der Waals surface area contributed by atoms with E-state index < -0.39 is 0 Å². The zero-order valence-electron chi connectivity index (χ0n) is 16.9. The molecule has 0 saturated heterocycles. The van der Waals surface area contributed by atoms with Crippen molar-refractivity contribution in [3.8, 4) is 11.6 Å². The van der Waals surface area contributed by atoms with Crippen LogP contribution >= 0.6 is 11.8 Å². The zero-order chi connectivity index (χ0) is 21.5. The molecule has 1 amide bonds. The topological polar surface area (TPSA) is 77.0 Å². The molecule has 6 nitrogen and oxygen atoms in total. The fourth-order valence-electron chi connectivity index (χ4n) is 2.80. The van der Waals surface area contributed by atoms with E-state index in [0.29, 0.717) is 28.8 Å². The van der Waals surface area contributed by atoms with Crippen LogP contribution < -0.4 is 10.1 Å². The Hall–Kier alpha value is -3.71. The number of hydrogen-bond acceptors (Lipinski definition) is 6. The van der Waals surface area contributed by atoms with Gasteiger partial charge >= 0.3 is 0 Å². The van der Waals surface area contributed by atoms with Crippen molar-refractivity contribution in [3.63, 3.8) is 0 Å². The van der Waals surface area contributed by atoms with Crippen LogP contribution in [0.1, 0.15) is 21.5 Å². The maximum absolute atomic E-state index is 12.8. The molecule has 0 aliphatic carbocycles. The average Bonchev–Trinajstić information content (AvgIpc) is 2.81. The van der Waals surface area contributed by atoms with Gasteiger partial charge in [-0.2, -0.15) is 0 Å². The minimum atomic E-state index is -0.170. The maximum atomic E-state index is 12.8. The summed E-state index contributed by atoms with van der Waals surface area (Å²) in [6.45, 7) is 2.42. The molecule has 0 spiro atoms. The Balaban J connectivity index is 1.52. The smallest absolute Gasteiger partial charge is 0.252 e. The molecule has 0 radical (unpaired) electrons. The molecule has 0 bridgehead atoms. The third-order valence-electron chi connectivity index (χ3n) is 4.38. The molecule has 31 heavy (non-hydrogen) atoms. The number of aryl methyl sites for hydroxylation is 1. The van der Waals surface area contributed by atoms with Gasteiger partial charge in [-0.25, -0.2) is 9.97 Å². The van der Waals surface area contributed by atoms with Crippen LogP contribution in [0.2, 0.25) is 0 Å². The van der Waals surface area contributed by atoms with Crippen molar-refractivity contribution in [2.45, 2.75) is 23.4 Å². The quantitative estimate of drug-likeness (QED) is 0.444. The molecule has 4 rings (SSSR count). The number of ether oxygens (including phenoxy) is 1. The van der Waals surface area contributed by atoms with E-state index in [9.17, 15) is 4.79 Å². The van der Waals surface area contributed by atoms with Crippen molar-refractivity contribution in [2.75, 3.05) is 0 Å². The van der Waals surface area contributed by atoms with E-state index in [0.717, 1.165) is 16.0 Å². The Morgan fingerprint density at radius 3 is 2.58 bits per heavy atom. The maximum Gasteiger partial charge on any atom is 0.252 e. The summed E-state index contributed by atoms with van der Waals surface area (Å²) >= 11 is 1.34. The first-order valence-electron chi connectivity index (χ1n) is 9.68. The minimum absolute atomic E-state index is 0.170. The van der Waals surface area contributed by atoms with Crippen molar-refractivity contribution >= 4 is 17.7 Å². The summed E-state index contributed by atoms with van der Waals surface area (Å²) in [5.41, 5.74) is 2.64. The van der Waals surface area contributed by atoms with E-state index in [1.165, 1.54) is 11.8 Å². The second-order valence-electron chi connectivity index (χ2n) is 6.72. The monoisotopic (exact) mass is 428 g/mol. The number of carbonyl (C=O) groups is 1. The molecule has 2 aromatic carbocycles. The van der Waals surface area contributed by atoms with Crippen LogP contribution in [0.5, 0.6) is 11.6 Å². The summed E-state index contributed by atoms with van der Waals surface area (Å²) < 4.78 is 5.94. The normalized spacial score (nSPS) is 10.5. The van der Waals surface area contributed by atoms with Gasteiger partial charge in [0.25, 0.3) is 11.8 Å². The molecule has 0 unspecified atom stereocenters. The van der Waals surface area contributed by atoms with Gasteiger partial charge in [-0.15, -0.1) is 0 Å². The van der Waals surface area contributed by atoms with Gasteiger partial charge in [0.2, 0.25) is 0 Å². The lowest BCUT2D eigenvalue weighted by atomic mass is 10.2. The number of aromatic nitrogens is 3. The second-order valence-corrected chi connectivity index (χ2v) is 7.75. The molecule has 0 aliphatic rings. The predicted octanol–water partition coefficient (Wildman–Crippen LogP) is 5.05. The number of hydrogen-bond donors (Lipinski definition) is 1. The average molecular weight is 429 g/mol. The third kappa shape index (κ3) is 5.46. The number of carbonyl (C=O) groups excluding carboxylic acids is 1. The van der Waals surface area contributed by atoms with Crippen LogP contribution in [0.15, 0.2) is 95.4 Å². The molecule has 1 N–H and O–H groups in total. The number of nitrogens with zero attached hydrogens (tertiary/aromatic N) is 3. The Morgan fingerprint density at radius 1 is 0.968 bits per heavy atom. The first kappa shape index (κ1) is 20.6. The SMILES string of the molecule is Cc1ccc(Oc2nccnc2Sc2ccccc2C(=O)NCc2cccnc2)cc1. The number of pyridine rings is 1. The highest BCUT2D eigenvalue weighted by molar-refractivity contribution is 7.99. The summed E-state index contributed by atoms with van der Waals surface area (Å²) in [7, 11) is 0. The highest BCUT2D eigenvalue weighted by Gasteiger charge is 2.16. The standard InChI is InChI=1S/C24H20N4O2S/c1-17-8-10-19(11-9-17)30-23-24(27-14-13-26-23)31-21-7-3-2-6-20(21)22(29)28-16-18-5-4-12-25-15-18/h2-15H,16H2,1H3,(H,28,29). The van der Waals surface area contributed by atoms with Crippen LogP contribution in [-0.2, 0) is 6.54 Å². The second kappa shape index (κ2) is 9.86. The Morgan fingerprint density at radius 2 is 1.77 bits per heavy atom. The first-order valence-corrected chi connectivity index (χ1v) is 10.5. The largest absolute Gasteiger partial charge is 0.437 e. The Bertz CT molecular complexity index is 1170. The molecule has 4 aromatic rings. The van der Waals surface area contributed by atoms with Gasteiger partial charge in [0.15, 0.2) is 5.03 Å². The number of benzene rings is 2. The van der Waals surface area contributed by atoms with Gasteiger partial charge < -0.3 is 10.1 Å². The van der Waals surface area contributed by atoms with Crippen molar-refractivity contribution in [3.05, 3.63) is 102 Å². The van der Waals surface area contributed by atoms with Gasteiger partial charge in [-0.1, -0.05) is 47.7 Å². The van der Waals surface area contributed by atoms with E-state index in [-0.39, 0.29) is 5.91 Å². The number of rotatable bonds is 7. The molecule has 7 heteroatoms. The summed E-state index contributed by atoms with van der Waals surface area (Å²) in [4.78, 5) is 26.4. The minimum Gasteiger partial charge on any atom is -0.437 e. The Labute approximate surface area is 184 Å². The van der Waals surface area contributed by atoms with Crippen LogP contribution in [-0.4, -0.2) is 20.9 Å². The fraction of sp³-hybridized carbons (Fsp3) is 0.0833. The lowest BCUT2D eigenvalue weighted by Crippen LogP contribution is -2.23. The first-order chi connectivity index (χ1) is 15.2. The molecule has 0 fully saturated rings.